The van der Waals surface area contributed by atoms with E-state index in [1.54, 1.807) is 6.07 Å². The molecule has 0 saturated carbocycles. The van der Waals surface area contributed by atoms with Crippen molar-refractivity contribution in [2.45, 2.75) is 23.5 Å². The first kappa shape index (κ1) is 10.1. The summed E-state index contributed by atoms with van der Waals surface area (Å²) in [5, 5.41) is 8.65. The molecule has 0 aromatic heterocycles. The van der Waals surface area contributed by atoms with E-state index in [2.05, 4.69) is 6.07 Å². The third-order valence-corrected chi connectivity index (χ3v) is 2.61. The Morgan fingerprint density at radius 3 is 3.00 bits per heavy atom. The largest absolute Gasteiger partial charge is 0.207 e. The summed E-state index contributed by atoms with van der Waals surface area (Å²) in [7, 11) is 0. The zero-order valence-corrected chi connectivity index (χ0v) is 8.14. The zero-order chi connectivity index (χ0) is 9.68. The molecule has 0 N–H and O–H groups in total. The number of nitriles is 1. The fourth-order valence-corrected chi connectivity index (χ4v) is 1.90. The zero-order valence-electron chi connectivity index (χ0n) is 7.33. The number of thioether (sulfide) groups is 1. The van der Waals surface area contributed by atoms with Gasteiger partial charge in [-0.3, -0.25) is 0 Å². The van der Waals surface area contributed by atoms with E-state index in [0.29, 0.717) is 6.42 Å². The summed E-state index contributed by atoms with van der Waals surface area (Å²) in [5.41, 5.74) is 0. The van der Waals surface area contributed by atoms with Gasteiger partial charge in [-0.2, -0.15) is 5.26 Å². The molecule has 0 fully saturated rings. The van der Waals surface area contributed by atoms with Gasteiger partial charge in [0.25, 0.3) is 0 Å². The van der Waals surface area contributed by atoms with E-state index in [9.17, 15) is 4.39 Å². The summed E-state index contributed by atoms with van der Waals surface area (Å²) in [4.78, 5) is 0.878. The van der Waals surface area contributed by atoms with Crippen molar-refractivity contribution in [2.24, 2.45) is 0 Å². The highest BCUT2D eigenvalue weighted by molar-refractivity contribution is 7.99. The summed E-state index contributed by atoms with van der Waals surface area (Å²) in [6.07, 6.45) is 0.487. The van der Waals surface area contributed by atoms with Gasteiger partial charge in [0.1, 0.15) is 5.82 Å². The van der Waals surface area contributed by atoms with E-state index in [1.807, 2.05) is 13.0 Å². The first-order valence-corrected chi connectivity index (χ1v) is 4.89. The molecule has 0 spiro atoms. The maximum absolute atomic E-state index is 12.7. The van der Waals surface area contributed by atoms with E-state index in [0.717, 1.165) is 4.90 Å². The summed E-state index contributed by atoms with van der Waals surface area (Å²) in [6, 6.07) is 8.51. The van der Waals surface area contributed by atoms with Crippen molar-refractivity contribution >= 4 is 11.8 Å². The van der Waals surface area contributed by atoms with E-state index >= 15 is 0 Å². The fourth-order valence-electron chi connectivity index (χ4n) is 0.943. The monoisotopic (exact) mass is 195 g/mol. The molecular formula is C10H10FNS. The second-order valence-electron chi connectivity index (χ2n) is 2.75. The minimum Gasteiger partial charge on any atom is -0.207 e. The summed E-state index contributed by atoms with van der Waals surface area (Å²) >= 11 is 1.52. The Labute approximate surface area is 81.6 Å². The summed E-state index contributed by atoms with van der Waals surface area (Å²) < 4.78 is 12.7. The molecule has 1 atom stereocenters. The number of benzene rings is 1. The topological polar surface area (TPSA) is 23.8 Å². The van der Waals surface area contributed by atoms with E-state index in [1.165, 1.54) is 23.9 Å². The number of halogens is 1. The predicted octanol–water partition coefficient (Wildman–Crippen LogP) is 3.22. The van der Waals surface area contributed by atoms with Crippen molar-refractivity contribution in [1.82, 2.24) is 0 Å². The van der Waals surface area contributed by atoms with Gasteiger partial charge in [-0.15, -0.1) is 11.8 Å². The maximum atomic E-state index is 12.7. The van der Waals surface area contributed by atoms with Gasteiger partial charge in [0.05, 0.1) is 6.07 Å². The first-order chi connectivity index (χ1) is 6.22. The van der Waals surface area contributed by atoms with Crippen molar-refractivity contribution in [3.8, 4) is 6.07 Å². The quantitative estimate of drug-likeness (QED) is 0.691. The third-order valence-electron chi connectivity index (χ3n) is 1.51. The van der Waals surface area contributed by atoms with Crippen molar-refractivity contribution in [1.29, 1.82) is 5.26 Å². The second kappa shape index (κ2) is 4.88. The molecule has 3 heteroatoms. The van der Waals surface area contributed by atoms with Gasteiger partial charge in [0.15, 0.2) is 0 Å². The Hall–Kier alpha value is -1.01. The standard InChI is InChI=1S/C10H10FNS/c1-8(5-6-12)13-10-4-2-3-9(11)7-10/h2-4,7-8H,5H2,1H3. The molecule has 1 unspecified atom stereocenters. The molecule has 0 bridgehead atoms. The molecule has 1 aromatic carbocycles. The second-order valence-corrected chi connectivity index (χ2v) is 4.26. The van der Waals surface area contributed by atoms with Crippen LogP contribution in [0.5, 0.6) is 0 Å². The lowest BCUT2D eigenvalue weighted by atomic mass is 10.3. The lowest BCUT2D eigenvalue weighted by Gasteiger charge is -2.05. The Kier molecular flexibility index (Phi) is 3.78. The van der Waals surface area contributed by atoms with Crippen molar-refractivity contribution < 1.29 is 4.39 Å². The minimum absolute atomic E-state index is 0.215. The van der Waals surface area contributed by atoms with Crippen LogP contribution in [0, 0.1) is 17.1 Å². The molecule has 1 aromatic rings. The van der Waals surface area contributed by atoms with Gasteiger partial charge in [-0.05, 0) is 18.2 Å². The highest BCUT2D eigenvalue weighted by atomic mass is 32.2. The molecule has 0 aliphatic carbocycles. The van der Waals surface area contributed by atoms with E-state index in [4.69, 9.17) is 5.26 Å². The maximum Gasteiger partial charge on any atom is 0.124 e. The van der Waals surface area contributed by atoms with Crippen molar-refractivity contribution in [3.05, 3.63) is 30.1 Å². The molecular weight excluding hydrogens is 185 g/mol. The van der Waals surface area contributed by atoms with Crippen LogP contribution in [-0.2, 0) is 0 Å². The molecule has 0 saturated heterocycles. The van der Waals surface area contributed by atoms with Crippen LogP contribution >= 0.6 is 11.8 Å². The predicted molar refractivity (Wildman–Crippen MR) is 51.9 cm³/mol. The molecule has 1 rings (SSSR count). The molecule has 0 aliphatic heterocycles. The van der Waals surface area contributed by atoms with Gasteiger partial charge in [-0.25, -0.2) is 4.39 Å². The van der Waals surface area contributed by atoms with Gasteiger partial charge in [-0.1, -0.05) is 13.0 Å². The normalized spacial score (nSPS) is 12.1. The molecule has 0 aliphatic rings. The summed E-state index contributed by atoms with van der Waals surface area (Å²) in [5.74, 6) is -0.228. The average molecular weight is 195 g/mol. The van der Waals surface area contributed by atoms with E-state index < -0.39 is 0 Å². The van der Waals surface area contributed by atoms with Crippen LogP contribution in [0.2, 0.25) is 0 Å². The van der Waals surface area contributed by atoms with E-state index in [-0.39, 0.29) is 11.1 Å². The minimum atomic E-state index is -0.228. The number of nitrogens with zero attached hydrogens (tertiary/aromatic N) is 1. The SMILES string of the molecule is CC(CC#N)Sc1cccc(F)c1. The van der Waals surface area contributed by atoms with Crippen molar-refractivity contribution in [2.75, 3.05) is 0 Å². The van der Waals surface area contributed by atoms with Crippen LogP contribution in [-0.4, -0.2) is 5.25 Å². The number of hydrogen-bond donors (Lipinski definition) is 0. The average Bonchev–Trinajstić information content (AvgIpc) is 2.04. The summed E-state index contributed by atoms with van der Waals surface area (Å²) in [6.45, 7) is 1.96. The van der Waals surface area contributed by atoms with Gasteiger partial charge < -0.3 is 0 Å². The lowest BCUT2D eigenvalue weighted by Crippen LogP contribution is -1.93. The number of rotatable bonds is 3. The molecule has 0 radical (unpaired) electrons. The highest BCUT2D eigenvalue weighted by Gasteiger charge is 2.03. The Morgan fingerprint density at radius 1 is 1.62 bits per heavy atom. The Balaban J connectivity index is 2.59. The molecule has 0 amide bonds. The van der Waals surface area contributed by atoms with Crippen LogP contribution < -0.4 is 0 Å². The van der Waals surface area contributed by atoms with Gasteiger partial charge in [0, 0.05) is 16.6 Å². The molecule has 0 heterocycles. The molecule has 13 heavy (non-hydrogen) atoms. The van der Waals surface area contributed by atoms with Crippen LogP contribution in [0.4, 0.5) is 4.39 Å². The number of hydrogen-bond acceptors (Lipinski definition) is 2. The van der Waals surface area contributed by atoms with Crippen LogP contribution in [0.1, 0.15) is 13.3 Å². The highest BCUT2D eigenvalue weighted by Crippen LogP contribution is 2.24. The molecule has 68 valence electrons. The fraction of sp³-hybridized carbons (Fsp3) is 0.300. The molecule has 1 nitrogen and oxygen atoms in total. The van der Waals surface area contributed by atoms with Crippen LogP contribution in [0.3, 0.4) is 0 Å². The van der Waals surface area contributed by atoms with Crippen LogP contribution in [0.25, 0.3) is 0 Å². The first-order valence-electron chi connectivity index (χ1n) is 4.01. The third kappa shape index (κ3) is 3.47. The van der Waals surface area contributed by atoms with Crippen molar-refractivity contribution in [3.63, 3.8) is 0 Å². The Morgan fingerprint density at radius 2 is 2.38 bits per heavy atom. The van der Waals surface area contributed by atoms with Crippen LogP contribution in [0.15, 0.2) is 29.2 Å². The Bertz CT molecular complexity index is 319. The lowest BCUT2D eigenvalue weighted by molar-refractivity contribution is 0.624. The van der Waals surface area contributed by atoms with Gasteiger partial charge in [0.2, 0.25) is 0 Å². The smallest absolute Gasteiger partial charge is 0.124 e. The van der Waals surface area contributed by atoms with Gasteiger partial charge >= 0.3 is 0 Å².